The molecular weight excluding hydrogens is 265 g/mol. The Kier molecular flexibility index (Phi) is 4.16. The van der Waals surface area contributed by atoms with Crippen LogP contribution in [-0.2, 0) is 0 Å². The first kappa shape index (κ1) is 13.5. The summed E-state index contributed by atoms with van der Waals surface area (Å²) in [5.74, 6) is 0.450. The Labute approximate surface area is 115 Å². The summed E-state index contributed by atoms with van der Waals surface area (Å²) in [6.45, 7) is 0. The Morgan fingerprint density at radius 2 is 1.68 bits per heavy atom. The standard InChI is InChI=1S/C14H14FNO2S/c1-17-11-5-3-4-6-13(11)19-14-8-12(18-2)9(15)7-10(14)16/h3-8H,16H2,1-2H3. The number of hydrogen-bond donors (Lipinski definition) is 1. The molecule has 2 aromatic carbocycles. The minimum Gasteiger partial charge on any atom is -0.496 e. The Hall–Kier alpha value is -1.88. The molecule has 0 amide bonds. The molecule has 0 saturated carbocycles. The zero-order valence-electron chi connectivity index (χ0n) is 10.6. The summed E-state index contributed by atoms with van der Waals surface area (Å²) in [5, 5.41) is 0. The van der Waals surface area contributed by atoms with Gasteiger partial charge in [0.1, 0.15) is 5.75 Å². The third-order valence-electron chi connectivity index (χ3n) is 2.57. The first-order valence-corrected chi connectivity index (χ1v) is 6.41. The topological polar surface area (TPSA) is 44.5 Å². The highest BCUT2D eigenvalue weighted by atomic mass is 32.2. The molecule has 0 atom stereocenters. The smallest absolute Gasteiger partial charge is 0.167 e. The van der Waals surface area contributed by atoms with Crippen molar-refractivity contribution < 1.29 is 13.9 Å². The van der Waals surface area contributed by atoms with Crippen LogP contribution in [0.15, 0.2) is 46.2 Å². The van der Waals surface area contributed by atoms with Crippen LogP contribution in [-0.4, -0.2) is 14.2 Å². The van der Waals surface area contributed by atoms with Gasteiger partial charge in [-0.1, -0.05) is 23.9 Å². The van der Waals surface area contributed by atoms with Gasteiger partial charge >= 0.3 is 0 Å². The number of halogens is 1. The molecule has 0 unspecified atom stereocenters. The van der Waals surface area contributed by atoms with Crippen molar-refractivity contribution in [2.24, 2.45) is 0 Å². The highest BCUT2D eigenvalue weighted by molar-refractivity contribution is 7.99. The van der Waals surface area contributed by atoms with Crippen molar-refractivity contribution in [3.05, 3.63) is 42.2 Å². The normalized spacial score (nSPS) is 10.3. The first-order valence-electron chi connectivity index (χ1n) is 5.59. The van der Waals surface area contributed by atoms with E-state index in [9.17, 15) is 4.39 Å². The lowest BCUT2D eigenvalue weighted by atomic mass is 10.3. The summed E-state index contributed by atoms with van der Waals surface area (Å²) < 4.78 is 23.7. The maximum absolute atomic E-state index is 13.5. The van der Waals surface area contributed by atoms with Crippen molar-refractivity contribution in [2.45, 2.75) is 9.79 Å². The highest BCUT2D eigenvalue weighted by Gasteiger charge is 2.11. The molecule has 19 heavy (non-hydrogen) atoms. The van der Waals surface area contributed by atoms with Crippen LogP contribution < -0.4 is 15.2 Å². The lowest BCUT2D eigenvalue weighted by molar-refractivity contribution is 0.385. The van der Waals surface area contributed by atoms with E-state index in [1.807, 2.05) is 24.3 Å². The van der Waals surface area contributed by atoms with E-state index in [4.69, 9.17) is 15.2 Å². The number of nitrogens with two attached hydrogens (primary N) is 1. The second-order valence-electron chi connectivity index (χ2n) is 3.78. The molecule has 0 saturated heterocycles. The second kappa shape index (κ2) is 5.84. The van der Waals surface area contributed by atoms with E-state index in [1.165, 1.54) is 24.9 Å². The van der Waals surface area contributed by atoms with E-state index in [0.29, 0.717) is 5.69 Å². The molecule has 3 nitrogen and oxygen atoms in total. The molecule has 0 aliphatic rings. The van der Waals surface area contributed by atoms with Gasteiger partial charge in [-0.3, -0.25) is 0 Å². The number of anilines is 1. The van der Waals surface area contributed by atoms with Crippen LogP contribution in [0.25, 0.3) is 0 Å². The molecule has 0 aliphatic carbocycles. The van der Waals surface area contributed by atoms with Crippen LogP contribution in [0.1, 0.15) is 0 Å². The molecule has 2 N–H and O–H groups in total. The van der Waals surface area contributed by atoms with Crippen LogP contribution in [0.5, 0.6) is 11.5 Å². The number of rotatable bonds is 4. The van der Waals surface area contributed by atoms with Gasteiger partial charge in [-0.25, -0.2) is 4.39 Å². The summed E-state index contributed by atoms with van der Waals surface area (Å²) in [7, 11) is 3.03. The molecule has 0 radical (unpaired) electrons. The summed E-state index contributed by atoms with van der Waals surface area (Å²) in [6, 6.07) is 10.4. The molecule has 2 aromatic rings. The maximum atomic E-state index is 13.5. The van der Waals surface area contributed by atoms with Gasteiger partial charge in [0, 0.05) is 16.6 Å². The number of hydrogen-bond acceptors (Lipinski definition) is 4. The lowest BCUT2D eigenvalue weighted by Gasteiger charge is -2.11. The quantitative estimate of drug-likeness (QED) is 0.869. The molecule has 2 rings (SSSR count). The SMILES string of the molecule is COc1cc(Sc2ccccc2OC)c(N)cc1F. The number of methoxy groups -OCH3 is 2. The Morgan fingerprint density at radius 1 is 1.00 bits per heavy atom. The molecule has 0 spiro atoms. The predicted octanol–water partition coefficient (Wildman–Crippen LogP) is 3.58. The zero-order valence-corrected chi connectivity index (χ0v) is 11.5. The third-order valence-corrected chi connectivity index (χ3v) is 3.70. The number of ether oxygens (including phenoxy) is 2. The van der Waals surface area contributed by atoms with Crippen molar-refractivity contribution in [1.29, 1.82) is 0 Å². The molecule has 5 heteroatoms. The average molecular weight is 279 g/mol. The largest absolute Gasteiger partial charge is 0.496 e. The fraction of sp³-hybridized carbons (Fsp3) is 0.143. The Balaban J connectivity index is 2.38. The average Bonchev–Trinajstić information content (AvgIpc) is 2.42. The van der Waals surface area contributed by atoms with E-state index in [2.05, 4.69) is 0 Å². The Bertz CT molecular complexity index is 590. The van der Waals surface area contributed by atoms with Crippen LogP contribution >= 0.6 is 11.8 Å². The van der Waals surface area contributed by atoms with Gasteiger partial charge in [0.15, 0.2) is 11.6 Å². The number of benzene rings is 2. The van der Waals surface area contributed by atoms with Crippen LogP contribution in [0, 0.1) is 5.82 Å². The van der Waals surface area contributed by atoms with Crippen LogP contribution in [0.4, 0.5) is 10.1 Å². The Morgan fingerprint density at radius 3 is 2.37 bits per heavy atom. The second-order valence-corrected chi connectivity index (χ2v) is 4.86. The lowest BCUT2D eigenvalue weighted by Crippen LogP contribution is -1.95. The maximum Gasteiger partial charge on any atom is 0.167 e. The number of nitrogen functional groups attached to an aromatic ring is 1. The molecule has 0 heterocycles. The van der Waals surface area contributed by atoms with Crippen molar-refractivity contribution in [2.75, 3.05) is 20.0 Å². The number of para-hydroxylation sites is 1. The van der Waals surface area contributed by atoms with Gasteiger partial charge in [-0.2, -0.15) is 0 Å². The van der Waals surface area contributed by atoms with Gasteiger partial charge in [0.05, 0.1) is 19.1 Å². The molecular formula is C14H14FNO2S. The van der Waals surface area contributed by atoms with Crippen LogP contribution in [0.3, 0.4) is 0 Å². The first-order chi connectivity index (χ1) is 9.15. The third kappa shape index (κ3) is 2.93. The molecule has 100 valence electrons. The van der Waals surface area contributed by atoms with E-state index in [1.54, 1.807) is 13.2 Å². The van der Waals surface area contributed by atoms with Gasteiger partial charge in [-0.05, 0) is 18.2 Å². The van der Waals surface area contributed by atoms with E-state index in [0.717, 1.165) is 15.5 Å². The fourth-order valence-electron chi connectivity index (χ4n) is 1.62. The minimum absolute atomic E-state index is 0.173. The van der Waals surface area contributed by atoms with Crippen molar-refractivity contribution in [1.82, 2.24) is 0 Å². The summed E-state index contributed by atoms with van der Waals surface area (Å²) in [5.41, 5.74) is 6.20. The monoisotopic (exact) mass is 279 g/mol. The molecule has 0 fully saturated rings. The molecule has 0 aliphatic heterocycles. The minimum atomic E-state index is -0.468. The summed E-state index contributed by atoms with van der Waals surface area (Å²) >= 11 is 1.41. The van der Waals surface area contributed by atoms with Gasteiger partial charge in [-0.15, -0.1) is 0 Å². The summed E-state index contributed by atoms with van der Waals surface area (Å²) in [6.07, 6.45) is 0. The highest BCUT2D eigenvalue weighted by Crippen LogP contribution is 2.39. The molecule has 0 aromatic heterocycles. The van der Waals surface area contributed by atoms with Crippen molar-refractivity contribution in [3.63, 3.8) is 0 Å². The zero-order chi connectivity index (χ0) is 13.8. The van der Waals surface area contributed by atoms with E-state index < -0.39 is 5.82 Å². The van der Waals surface area contributed by atoms with Gasteiger partial charge in [0.2, 0.25) is 0 Å². The molecule has 0 bridgehead atoms. The predicted molar refractivity (Wildman–Crippen MR) is 74.5 cm³/mol. The fourth-order valence-corrected chi connectivity index (χ4v) is 2.59. The summed E-state index contributed by atoms with van der Waals surface area (Å²) in [4.78, 5) is 1.63. The van der Waals surface area contributed by atoms with E-state index >= 15 is 0 Å². The van der Waals surface area contributed by atoms with Gasteiger partial charge in [0.25, 0.3) is 0 Å². The van der Waals surface area contributed by atoms with Gasteiger partial charge < -0.3 is 15.2 Å². The van der Waals surface area contributed by atoms with Crippen molar-refractivity contribution >= 4 is 17.4 Å². The van der Waals surface area contributed by atoms with Crippen molar-refractivity contribution in [3.8, 4) is 11.5 Å². The van der Waals surface area contributed by atoms with E-state index in [-0.39, 0.29) is 5.75 Å². The van der Waals surface area contributed by atoms with Crippen LogP contribution in [0.2, 0.25) is 0 Å².